The second kappa shape index (κ2) is 7.72. The van der Waals surface area contributed by atoms with Gasteiger partial charge in [0.05, 0.1) is 10.9 Å². The van der Waals surface area contributed by atoms with Gasteiger partial charge in [0.2, 0.25) is 15.9 Å². The molecule has 1 saturated heterocycles. The van der Waals surface area contributed by atoms with Gasteiger partial charge in [0.25, 0.3) is 0 Å². The van der Waals surface area contributed by atoms with E-state index in [0.29, 0.717) is 37.6 Å². The molecule has 1 aliphatic heterocycles. The first-order chi connectivity index (χ1) is 11.0. The fraction of sp³-hybridized carbons (Fsp3) is 0.438. The van der Waals surface area contributed by atoms with Gasteiger partial charge in [0.1, 0.15) is 0 Å². The first kappa shape index (κ1) is 17.7. The zero-order valence-corrected chi connectivity index (χ0v) is 14.1. The third kappa shape index (κ3) is 4.19. The normalized spacial score (nSPS) is 18.3. The Morgan fingerprint density at radius 1 is 1.26 bits per heavy atom. The maximum absolute atomic E-state index is 12.6. The first-order valence-corrected chi connectivity index (χ1v) is 9.08. The van der Waals surface area contributed by atoms with Gasteiger partial charge in [-0.05, 0) is 19.1 Å². The Morgan fingerprint density at radius 3 is 2.43 bits per heavy atom. The highest BCUT2D eigenvalue weighted by Crippen LogP contribution is 2.18. The van der Waals surface area contributed by atoms with Crippen LogP contribution in [0.3, 0.4) is 0 Å². The number of carbonyl (C=O) groups is 1. The lowest BCUT2D eigenvalue weighted by Crippen LogP contribution is -2.54. The van der Waals surface area contributed by atoms with E-state index in [1.54, 1.807) is 36.4 Å². The van der Waals surface area contributed by atoms with Gasteiger partial charge in [-0.15, -0.1) is 6.58 Å². The zero-order chi connectivity index (χ0) is 16.9. The molecule has 126 valence electrons. The minimum atomic E-state index is -3.45. The summed E-state index contributed by atoms with van der Waals surface area (Å²) in [7, 11) is -3.45. The molecule has 1 aromatic rings. The Balaban J connectivity index is 1.96. The van der Waals surface area contributed by atoms with Gasteiger partial charge in [0.15, 0.2) is 0 Å². The number of hydrogen-bond acceptors (Lipinski definition) is 4. The summed E-state index contributed by atoms with van der Waals surface area (Å²) in [6.07, 6.45) is 1.63. The molecule has 0 bridgehead atoms. The number of sulfonamides is 1. The number of rotatable bonds is 6. The molecule has 0 unspecified atom stereocenters. The second-order valence-corrected chi connectivity index (χ2v) is 7.40. The molecule has 1 heterocycles. The van der Waals surface area contributed by atoms with Crippen molar-refractivity contribution in [3.63, 3.8) is 0 Å². The van der Waals surface area contributed by atoms with E-state index in [1.807, 2.05) is 11.8 Å². The predicted molar refractivity (Wildman–Crippen MR) is 89.4 cm³/mol. The molecule has 1 amide bonds. The fourth-order valence-electron chi connectivity index (χ4n) is 2.56. The Labute approximate surface area is 137 Å². The van der Waals surface area contributed by atoms with E-state index in [9.17, 15) is 13.2 Å². The van der Waals surface area contributed by atoms with E-state index in [2.05, 4.69) is 11.9 Å². The van der Waals surface area contributed by atoms with Crippen molar-refractivity contribution >= 4 is 15.9 Å². The number of carbonyl (C=O) groups excluding carboxylic acids is 1. The first-order valence-electron chi connectivity index (χ1n) is 7.64. The van der Waals surface area contributed by atoms with E-state index in [0.717, 1.165) is 0 Å². The Bertz CT molecular complexity index is 638. The number of benzene rings is 1. The van der Waals surface area contributed by atoms with Gasteiger partial charge in [0, 0.05) is 32.7 Å². The number of piperazine rings is 1. The van der Waals surface area contributed by atoms with Crippen molar-refractivity contribution in [1.82, 2.24) is 14.5 Å². The average Bonchev–Trinajstić information content (AvgIpc) is 2.59. The Morgan fingerprint density at radius 2 is 1.87 bits per heavy atom. The summed E-state index contributed by atoms with van der Waals surface area (Å²) >= 11 is 0. The van der Waals surface area contributed by atoms with Crippen LogP contribution in [0.2, 0.25) is 0 Å². The SMILES string of the molecule is C=CCNC(=O)[C@@H](C)N1CCN(S(=O)(=O)c2ccccc2)CC1. The molecule has 0 saturated carbocycles. The largest absolute Gasteiger partial charge is 0.351 e. The van der Waals surface area contributed by atoms with Gasteiger partial charge < -0.3 is 5.32 Å². The molecule has 6 nitrogen and oxygen atoms in total. The number of amides is 1. The van der Waals surface area contributed by atoms with Crippen molar-refractivity contribution in [1.29, 1.82) is 0 Å². The summed E-state index contributed by atoms with van der Waals surface area (Å²) < 4.78 is 26.6. The third-order valence-electron chi connectivity index (χ3n) is 4.00. The maximum Gasteiger partial charge on any atom is 0.243 e. The van der Waals surface area contributed by atoms with Gasteiger partial charge in [-0.3, -0.25) is 9.69 Å². The van der Waals surface area contributed by atoms with Crippen LogP contribution in [0.4, 0.5) is 0 Å². The van der Waals surface area contributed by atoms with E-state index >= 15 is 0 Å². The molecule has 1 atom stereocenters. The molecular formula is C16H23N3O3S. The number of nitrogens with zero attached hydrogens (tertiary/aromatic N) is 2. The molecule has 0 radical (unpaired) electrons. The third-order valence-corrected chi connectivity index (χ3v) is 5.91. The molecule has 1 aromatic carbocycles. The summed E-state index contributed by atoms with van der Waals surface area (Å²) in [6.45, 7) is 7.68. The van der Waals surface area contributed by atoms with Crippen molar-refractivity contribution in [3.05, 3.63) is 43.0 Å². The van der Waals surface area contributed by atoms with Crippen LogP contribution >= 0.6 is 0 Å². The van der Waals surface area contributed by atoms with E-state index in [1.165, 1.54) is 4.31 Å². The minimum absolute atomic E-state index is 0.0655. The van der Waals surface area contributed by atoms with Gasteiger partial charge >= 0.3 is 0 Å². The Kier molecular flexibility index (Phi) is 5.92. The van der Waals surface area contributed by atoms with Crippen LogP contribution in [0.1, 0.15) is 6.92 Å². The van der Waals surface area contributed by atoms with E-state index < -0.39 is 10.0 Å². The summed E-state index contributed by atoms with van der Waals surface area (Å²) in [5, 5.41) is 2.77. The van der Waals surface area contributed by atoms with Crippen LogP contribution in [0, 0.1) is 0 Å². The monoisotopic (exact) mass is 337 g/mol. The van der Waals surface area contributed by atoms with Crippen LogP contribution in [-0.2, 0) is 14.8 Å². The minimum Gasteiger partial charge on any atom is -0.351 e. The molecule has 0 aromatic heterocycles. The summed E-state index contributed by atoms with van der Waals surface area (Å²) in [4.78, 5) is 14.3. The van der Waals surface area contributed by atoms with Crippen LogP contribution in [0.15, 0.2) is 47.9 Å². The summed E-state index contributed by atoms with van der Waals surface area (Å²) in [5.41, 5.74) is 0. The van der Waals surface area contributed by atoms with Gasteiger partial charge in [-0.2, -0.15) is 4.31 Å². The maximum atomic E-state index is 12.6. The fourth-order valence-corrected chi connectivity index (χ4v) is 4.00. The van der Waals surface area contributed by atoms with Crippen molar-refractivity contribution in [3.8, 4) is 0 Å². The van der Waals surface area contributed by atoms with Crippen LogP contribution in [0.5, 0.6) is 0 Å². The molecule has 1 fully saturated rings. The lowest BCUT2D eigenvalue weighted by Gasteiger charge is -2.36. The highest BCUT2D eigenvalue weighted by molar-refractivity contribution is 7.89. The molecule has 23 heavy (non-hydrogen) atoms. The van der Waals surface area contributed by atoms with E-state index in [4.69, 9.17) is 0 Å². The molecule has 1 N–H and O–H groups in total. The lowest BCUT2D eigenvalue weighted by molar-refractivity contribution is -0.126. The highest BCUT2D eigenvalue weighted by atomic mass is 32.2. The number of nitrogens with one attached hydrogen (secondary N) is 1. The smallest absolute Gasteiger partial charge is 0.243 e. The zero-order valence-electron chi connectivity index (χ0n) is 13.3. The highest BCUT2D eigenvalue weighted by Gasteiger charge is 2.31. The standard InChI is InChI=1S/C16H23N3O3S/c1-3-9-17-16(20)14(2)18-10-12-19(13-11-18)23(21,22)15-7-5-4-6-8-15/h3-8,14H,1,9-13H2,2H3,(H,17,20)/t14-/m1/s1. The molecule has 0 spiro atoms. The van der Waals surface area contributed by atoms with Crippen LogP contribution in [0.25, 0.3) is 0 Å². The molecule has 0 aliphatic carbocycles. The average molecular weight is 337 g/mol. The lowest BCUT2D eigenvalue weighted by atomic mass is 10.2. The van der Waals surface area contributed by atoms with Gasteiger partial charge in [-0.25, -0.2) is 8.42 Å². The van der Waals surface area contributed by atoms with E-state index in [-0.39, 0.29) is 11.9 Å². The summed E-state index contributed by atoms with van der Waals surface area (Å²) in [5.74, 6) is -0.0655. The summed E-state index contributed by atoms with van der Waals surface area (Å²) in [6, 6.07) is 8.15. The predicted octanol–water partition coefficient (Wildman–Crippen LogP) is 0.684. The topological polar surface area (TPSA) is 69.7 Å². The number of hydrogen-bond donors (Lipinski definition) is 1. The second-order valence-electron chi connectivity index (χ2n) is 5.46. The van der Waals surface area contributed by atoms with Crippen molar-refractivity contribution < 1.29 is 13.2 Å². The van der Waals surface area contributed by atoms with Crippen molar-refractivity contribution in [2.24, 2.45) is 0 Å². The van der Waals surface area contributed by atoms with Crippen molar-refractivity contribution in [2.75, 3.05) is 32.7 Å². The Hall–Kier alpha value is -1.70. The molecule has 2 rings (SSSR count). The van der Waals surface area contributed by atoms with Crippen molar-refractivity contribution in [2.45, 2.75) is 17.9 Å². The van der Waals surface area contributed by atoms with Gasteiger partial charge in [-0.1, -0.05) is 24.3 Å². The molecule has 1 aliphatic rings. The molecular weight excluding hydrogens is 314 g/mol. The quantitative estimate of drug-likeness (QED) is 0.775. The van der Waals surface area contributed by atoms with Crippen LogP contribution in [-0.4, -0.2) is 62.3 Å². The van der Waals surface area contributed by atoms with Crippen LogP contribution < -0.4 is 5.32 Å². The molecule has 7 heteroatoms.